The molecular weight excluding hydrogens is 480 g/mol. The minimum Gasteiger partial charge on any atom is -0.481 e. The van der Waals surface area contributed by atoms with Crippen molar-refractivity contribution in [3.05, 3.63) is 75.7 Å². The highest BCUT2D eigenvalue weighted by Crippen LogP contribution is 2.44. The molecule has 0 bridgehead atoms. The normalized spacial score (nSPS) is 12.5. The Hall–Kier alpha value is -3.86. The first kappa shape index (κ1) is 24.3. The van der Waals surface area contributed by atoms with Crippen LogP contribution in [-0.2, 0) is 27.3 Å². The van der Waals surface area contributed by atoms with E-state index in [1.165, 1.54) is 5.38 Å². The molecular formula is C24H21F2N3O5S. The first-order valence-corrected chi connectivity index (χ1v) is 11.5. The standard InChI is InChI=1S/C24H21F2N3O5S/c25-24(26,22(32)27-10-20-29-14(12-35-20)9-21(30)31)13-28-23(33)34-11-19-17-7-3-1-5-15(17)16-6-2-4-8-18(16)19/h1-8,12,19H,9-11,13H2,(H,27,32)(H,28,33)(H,30,31). The summed E-state index contributed by atoms with van der Waals surface area (Å²) in [7, 11) is 0. The number of alkyl carbamates (subject to hydrolysis) is 1. The Labute approximate surface area is 203 Å². The van der Waals surface area contributed by atoms with E-state index in [4.69, 9.17) is 9.84 Å². The van der Waals surface area contributed by atoms with E-state index in [0.29, 0.717) is 0 Å². The molecule has 0 radical (unpaired) electrons. The molecule has 0 unspecified atom stereocenters. The third kappa shape index (κ3) is 5.62. The fourth-order valence-corrected chi connectivity index (χ4v) is 4.60. The Morgan fingerprint density at radius 3 is 2.29 bits per heavy atom. The van der Waals surface area contributed by atoms with Crippen LogP contribution in [0.2, 0.25) is 0 Å². The first-order chi connectivity index (χ1) is 16.7. The van der Waals surface area contributed by atoms with Gasteiger partial charge in [-0.2, -0.15) is 8.78 Å². The topological polar surface area (TPSA) is 118 Å². The molecule has 2 aromatic carbocycles. The number of nitrogens with zero attached hydrogens (tertiary/aromatic N) is 1. The van der Waals surface area contributed by atoms with E-state index in [2.05, 4.69) is 4.98 Å². The SMILES string of the molecule is O=C(O)Cc1csc(CNC(=O)C(F)(F)CNC(=O)OCC2c3ccccc3-c3ccccc32)n1. The van der Waals surface area contributed by atoms with Gasteiger partial charge in [0.2, 0.25) is 0 Å². The zero-order valence-corrected chi connectivity index (χ0v) is 19.1. The molecule has 1 aliphatic rings. The molecule has 0 atom stereocenters. The van der Waals surface area contributed by atoms with Crippen molar-refractivity contribution < 1.29 is 33.0 Å². The molecule has 0 saturated carbocycles. The van der Waals surface area contributed by atoms with Crippen molar-refractivity contribution in [1.29, 1.82) is 0 Å². The minimum atomic E-state index is -3.88. The van der Waals surface area contributed by atoms with Crippen LogP contribution in [-0.4, -0.2) is 47.1 Å². The molecule has 0 saturated heterocycles. The molecule has 3 aromatic rings. The van der Waals surface area contributed by atoms with Crippen LogP contribution in [0.25, 0.3) is 11.1 Å². The molecule has 182 valence electrons. The number of aromatic nitrogens is 1. The molecule has 11 heteroatoms. The van der Waals surface area contributed by atoms with Crippen molar-refractivity contribution >= 4 is 29.3 Å². The summed E-state index contributed by atoms with van der Waals surface area (Å²) in [5, 5.41) is 14.5. The number of hydrogen-bond acceptors (Lipinski definition) is 6. The average Bonchev–Trinajstić information content (AvgIpc) is 3.41. The van der Waals surface area contributed by atoms with E-state index in [9.17, 15) is 23.2 Å². The number of fused-ring (bicyclic) bond motifs is 3. The van der Waals surface area contributed by atoms with Gasteiger partial charge in [-0.25, -0.2) is 9.78 Å². The van der Waals surface area contributed by atoms with E-state index < -0.39 is 30.4 Å². The van der Waals surface area contributed by atoms with Gasteiger partial charge in [-0.3, -0.25) is 9.59 Å². The van der Waals surface area contributed by atoms with Gasteiger partial charge < -0.3 is 20.5 Å². The van der Waals surface area contributed by atoms with E-state index in [1.807, 2.05) is 59.2 Å². The molecule has 2 amide bonds. The highest BCUT2D eigenvalue weighted by Gasteiger charge is 2.39. The molecule has 0 aliphatic heterocycles. The largest absolute Gasteiger partial charge is 0.481 e. The lowest BCUT2D eigenvalue weighted by Gasteiger charge is -2.18. The van der Waals surface area contributed by atoms with Gasteiger partial charge in [-0.05, 0) is 22.3 Å². The van der Waals surface area contributed by atoms with Gasteiger partial charge in [0, 0.05) is 11.3 Å². The third-order valence-corrected chi connectivity index (χ3v) is 6.36. The van der Waals surface area contributed by atoms with Crippen molar-refractivity contribution in [3.8, 4) is 11.1 Å². The number of rotatable bonds is 9. The van der Waals surface area contributed by atoms with Gasteiger partial charge in [0.05, 0.1) is 25.2 Å². The van der Waals surface area contributed by atoms with Gasteiger partial charge >= 0.3 is 18.0 Å². The number of alkyl halides is 2. The molecule has 35 heavy (non-hydrogen) atoms. The quantitative estimate of drug-likeness (QED) is 0.413. The van der Waals surface area contributed by atoms with Crippen molar-refractivity contribution in [2.75, 3.05) is 13.2 Å². The maximum Gasteiger partial charge on any atom is 0.407 e. The van der Waals surface area contributed by atoms with Crippen LogP contribution in [0.5, 0.6) is 0 Å². The number of aliphatic carboxylic acids is 1. The van der Waals surface area contributed by atoms with Crippen LogP contribution in [0.1, 0.15) is 27.7 Å². The Kier molecular flexibility index (Phi) is 7.06. The predicted molar refractivity (Wildman–Crippen MR) is 123 cm³/mol. The number of benzene rings is 2. The Morgan fingerprint density at radius 2 is 1.66 bits per heavy atom. The number of carboxylic acid groups (broad SMARTS) is 1. The molecule has 0 fully saturated rings. The monoisotopic (exact) mass is 501 g/mol. The molecule has 4 rings (SSSR count). The number of ether oxygens (including phenoxy) is 1. The van der Waals surface area contributed by atoms with Crippen LogP contribution >= 0.6 is 11.3 Å². The second-order valence-electron chi connectivity index (χ2n) is 7.87. The number of carbonyl (C=O) groups excluding carboxylic acids is 2. The number of thiazole rings is 1. The van der Waals surface area contributed by atoms with Crippen LogP contribution in [0.15, 0.2) is 53.9 Å². The highest BCUT2D eigenvalue weighted by atomic mass is 32.1. The lowest BCUT2D eigenvalue weighted by Crippen LogP contribution is -2.48. The Balaban J connectivity index is 1.27. The van der Waals surface area contributed by atoms with E-state index >= 15 is 0 Å². The summed E-state index contributed by atoms with van der Waals surface area (Å²) >= 11 is 1.05. The fraction of sp³-hybridized carbons (Fsp3) is 0.250. The van der Waals surface area contributed by atoms with Gasteiger partial charge in [0.15, 0.2) is 0 Å². The molecule has 3 N–H and O–H groups in total. The van der Waals surface area contributed by atoms with E-state index in [0.717, 1.165) is 33.6 Å². The Morgan fingerprint density at radius 1 is 1.03 bits per heavy atom. The lowest BCUT2D eigenvalue weighted by atomic mass is 9.98. The van der Waals surface area contributed by atoms with Crippen LogP contribution < -0.4 is 10.6 Å². The summed E-state index contributed by atoms with van der Waals surface area (Å²) in [6, 6.07) is 15.4. The highest BCUT2D eigenvalue weighted by molar-refractivity contribution is 7.09. The summed E-state index contributed by atoms with van der Waals surface area (Å²) in [4.78, 5) is 38.7. The van der Waals surface area contributed by atoms with Crippen LogP contribution in [0, 0.1) is 0 Å². The minimum absolute atomic E-state index is 0.0413. The summed E-state index contributed by atoms with van der Waals surface area (Å²) in [5.41, 5.74) is 4.32. The van der Waals surface area contributed by atoms with Crippen LogP contribution in [0.4, 0.5) is 13.6 Å². The second kappa shape index (κ2) is 10.2. The Bertz CT molecular complexity index is 1220. The lowest BCUT2D eigenvalue weighted by molar-refractivity contribution is -0.145. The number of nitrogens with one attached hydrogen (secondary N) is 2. The number of halogens is 2. The van der Waals surface area contributed by atoms with Gasteiger partial charge in [-0.15, -0.1) is 11.3 Å². The summed E-state index contributed by atoms with van der Waals surface area (Å²) < 4.78 is 33.6. The average molecular weight is 502 g/mol. The predicted octanol–water partition coefficient (Wildman–Crippen LogP) is 3.56. The zero-order valence-electron chi connectivity index (χ0n) is 18.3. The van der Waals surface area contributed by atoms with Crippen LogP contribution in [0.3, 0.4) is 0 Å². The summed E-state index contributed by atoms with van der Waals surface area (Å²) in [6.07, 6.45) is -1.36. The van der Waals surface area contributed by atoms with Crippen molar-refractivity contribution in [2.45, 2.75) is 24.8 Å². The molecule has 8 nitrogen and oxygen atoms in total. The summed E-state index contributed by atoms with van der Waals surface area (Å²) in [6.45, 7) is -1.57. The number of carbonyl (C=O) groups is 3. The molecule has 0 spiro atoms. The van der Waals surface area contributed by atoms with Gasteiger partial charge in [0.25, 0.3) is 5.91 Å². The van der Waals surface area contributed by atoms with E-state index in [-0.39, 0.29) is 36.2 Å². The maximum absolute atomic E-state index is 14.2. The number of amides is 2. The molecule has 1 heterocycles. The van der Waals surface area contributed by atoms with Crippen molar-refractivity contribution in [3.63, 3.8) is 0 Å². The fourth-order valence-electron chi connectivity index (χ4n) is 3.86. The smallest absolute Gasteiger partial charge is 0.407 e. The molecule has 1 aromatic heterocycles. The summed E-state index contributed by atoms with van der Waals surface area (Å²) in [5.74, 6) is -6.77. The van der Waals surface area contributed by atoms with Crippen molar-refractivity contribution in [1.82, 2.24) is 15.6 Å². The zero-order chi connectivity index (χ0) is 25.0. The maximum atomic E-state index is 14.2. The third-order valence-electron chi connectivity index (χ3n) is 5.46. The van der Waals surface area contributed by atoms with Crippen molar-refractivity contribution in [2.24, 2.45) is 0 Å². The van der Waals surface area contributed by atoms with Gasteiger partial charge in [-0.1, -0.05) is 48.5 Å². The first-order valence-electron chi connectivity index (χ1n) is 10.6. The van der Waals surface area contributed by atoms with Gasteiger partial charge in [0.1, 0.15) is 11.6 Å². The second-order valence-corrected chi connectivity index (χ2v) is 8.81. The number of carboxylic acids is 1. The molecule has 1 aliphatic carbocycles. The van der Waals surface area contributed by atoms with E-state index in [1.54, 1.807) is 0 Å². The number of hydrogen-bond donors (Lipinski definition) is 3.